The van der Waals surface area contributed by atoms with Crippen molar-refractivity contribution in [3.8, 4) is 0 Å². The fraction of sp³-hybridized carbons (Fsp3) is 0.395. The molecule has 3 aliphatic rings. The van der Waals surface area contributed by atoms with Crippen molar-refractivity contribution in [3.05, 3.63) is 104 Å². The van der Waals surface area contributed by atoms with Gasteiger partial charge in [-0.2, -0.15) is 0 Å². The quantitative estimate of drug-likeness (QED) is 0.306. The minimum absolute atomic E-state index is 0.110. The Bertz CT molecular complexity index is 1680. The number of carbonyl (C=O) groups is 3. The molecule has 3 unspecified atom stereocenters. The topological polar surface area (TPSA) is 90.4 Å². The zero-order valence-corrected chi connectivity index (χ0v) is 26.8. The largest absolute Gasteiger partial charge is 0.394 e. The highest BCUT2D eigenvalue weighted by Gasteiger charge is 2.80. The Morgan fingerprint density at radius 3 is 2.37 bits per heavy atom. The summed E-state index contributed by atoms with van der Waals surface area (Å²) in [5.74, 6) is -2.64. The SMILES string of the molecule is C=CCN(Cc1ccccc1)C(=O)[C@@H]1[C@H]2C(=O)N([C@H](C)CO)C(C(=O)N(CC=C)c3ccc4ccccc4c3)C23CC(C)[C@@]1(C)O3. The number of ether oxygens (including phenoxy) is 1. The number of benzene rings is 3. The van der Waals surface area contributed by atoms with Crippen molar-refractivity contribution in [2.24, 2.45) is 17.8 Å². The van der Waals surface area contributed by atoms with Crippen LogP contribution < -0.4 is 4.90 Å². The predicted octanol–water partition coefficient (Wildman–Crippen LogP) is 4.97. The van der Waals surface area contributed by atoms with Gasteiger partial charge in [-0.15, -0.1) is 13.2 Å². The third-order valence-corrected chi connectivity index (χ3v) is 10.5. The van der Waals surface area contributed by atoms with Gasteiger partial charge < -0.3 is 24.5 Å². The minimum Gasteiger partial charge on any atom is -0.394 e. The molecule has 6 rings (SSSR count). The molecule has 2 bridgehead atoms. The Hall–Kier alpha value is -4.27. The van der Waals surface area contributed by atoms with Gasteiger partial charge in [-0.3, -0.25) is 14.4 Å². The average molecular weight is 622 g/mol. The van der Waals surface area contributed by atoms with Gasteiger partial charge in [-0.05, 0) is 54.7 Å². The first-order chi connectivity index (χ1) is 22.1. The van der Waals surface area contributed by atoms with Crippen LogP contribution in [0.1, 0.15) is 32.8 Å². The summed E-state index contributed by atoms with van der Waals surface area (Å²) in [6.45, 7) is 14.0. The Morgan fingerprint density at radius 2 is 1.70 bits per heavy atom. The van der Waals surface area contributed by atoms with Gasteiger partial charge in [0.2, 0.25) is 11.8 Å². The van der Waals surface area contributed by atoms with E-state index in [4.69, 9.17) is 4.74 Å². The molecule has 7 atom stereocenters. The van der Waals surface area contributed by atoms with Crippen LogP contribution in [0.5, 0.6) is 0 Å². The van der Waals surface area contributed by atoms with E-state index in [-0.39, 0.29) is 36.8 Å². The zero-order valence-electron chi connectivity index (χ0n) is 26.8. The number of aliphatic hydroxyl groups is 1. The van der Waals surface area contributed by atoms with Gasteiger partial charge in [0, 0.05) is 25.3 Å². The molecule has 1 spiro atoms. The Balaban J connectivity index is 1.44. The number of carbonyl (C=O) groups excluding carboxylic acids is 3. The number of fused-ring (bicyclic) bond motifs is 2. The van der Waals surface area contributed by atoms with Crippen LogP contribution in [0.4, 0.5) is 5.69 Å². The van der Waals surface area contributed by atoms with Crippen LogP contribution in [-0.4, -0.2) is 75.6 Å². The molecule has 0 saturated carbocycles. The van der Waals surface area contributed by atoms with Crippen LogP contribution >= 0.6 is 0 Å². The molecule has 3 amide bonds. The number of likely N-dealkylation sites (tertiary alicyclic amines) is 1. The molecule has 0 radical (unpaired) electrons. The van der Waals surface area contributed by atoms with Crippen molar-refractivity contribution >= 4 is 34.2 Å². The van der Waals surface area contributed by atoms with E-state index in [9.17, 15) is 19.5 Å². The Morgan fingerprint density at radius 1 is 1.02 bits per heavy atom. The highest BCUT2D eigenvalue weighted by molar-refractivity contribution is 6.06. The second-order valence-corrected chi connectivity index (χ2v) is 13.2. The molecule has 8 nitrogen and oxygen atoms in total. The van der Waals surface area contributed by atoms with E-state index in [1.807, 2.05) is 86.6 Å². The molecule has 3 fully saturated rings. The van der Waals surface area contributed by atoms with Crippen LogP contribution in [0.3, 0.4) is 0 Å². The van der Waals surface area contributed by atoms with Gasteiger partial charge in [0.1, 0.15) is 11.6 Å². The molecule has 3 heterocycles. The highest BCUT2D eigenvalue weighted by Crippen LogP contribution is 2.66. The summed E-state index contributed by atoms with van der Waals surface area (Å²) in [6, 6.07) is 21.8. The summed E-state index contributed by atoms with van der Waals surface area (Å²) in [7, 11) is 0. The zero-order chi connectivity index (χ0) is 32.8. The molecular formula is C38H43N3O5. The molecule has 0 aromatic heterocycles. The second-order valence-electron chi connectivity index (χ2n) is 13.2. The van der Waals surface area contributed by atoms with Gasteiger partial charge in [0.05, 0.1) is 30.1 Å². The number of amides is 3. The maximum atomic E-state index is 15.0. The molecule has 0 aliphatic carbocycles. The normalized spacial score (nSPS) is 28.6. The standard InChI is InChI=1S/C38H43N3O5/c1-6-19-39(23-27-13-9-8-10-14-27)34(43)31-32-35(44)41(26(4)24-42)33(38(32)22-25(3)37(31,5)46-38)36(45)40(20-7-2)30-18-17-28-15-11-12-16-29(28)21-30/h6-18,21,25-26,31-33,42H,1-2,19-20,22-24H2,3-5H3/t25?,26-,31+,32+,33?,37-,38?/m1/s1. The Labute approximate surface area is 270 Å². The predicted molar refractivity (Wildman–Crippen MR) is 179 cm³/mol. The van der Waals surface area contributed by atoms with Gasteiger partial charge >= 0.3 is 0 Å². The lowest BCUT2D eigenvalue weighted by Crippen LogP contribution is -2.58. The fourth-order valence-electron chi connectivity index (χ4n) is 8.23. The number of hydrogen-bond donors (Lipinski definition) is 1. The van der Waals surface area contributed by atoms with E-state index in [0.29, 0.717) is 25.2 Å². The Kier molecular flexibility index (Phi) is 8.38. The summed E-state index contributed by atoms with van der Waals surface area (Å²) in [5, 5.41) is 12.4. The first-order valence-electron chi connectivity index (χ1n) is 16.1. The van der Waals surface area contributed by atoms with E-state index in [1.54, 1.807) is 28.9 Å². The molecule has 46 heavy (non-hydrogen) atoms. The van der Waals surface area contributed by atoms with Crippen LogP contribution in [0.15, 0.2) is 98.1 Å². The van der Waals surface area contributed by atoms with Crippen molar-refractivity contribution in [2.45, 2.75) is 57.0 Å². The van der Waals surface area contributed by atoms with Gasteiger partial charge in [0.25, 0.3) is 5.91 Å². The summed E-state index contributed by atoms with van der Waals surface area (Å²) < 4.78 is 6.97. The molecule has 8 heteroatoms. The maximum Gasteiger partial charge on any atom is 0.253 e. The smallest absolute Gasteiger partial charge is 0.253 e. The molecule has 1 N–H and O–H groups in total. The first-order valence-corrected chi connectivity index (χ1v) is 16.1. The van der Waals surface area contributed by atoms with Crippen molar-refractivity contribution in [1.82, 2.24) is 9.80 Å². The van der Waals surface area contributed by atoms with Gasteiger partial charge in [0.15, 0.2) is 0 Å². The van der Waals surface area contributed by atoms with E-state index in [1.165, 1.54) is 4.90 Å². The number of aliphatic hydroxyl groups excluding tert-OH is 1. The number of rotatable bonds is 11. The van der Waals surface area contributed by atoms with E-state index >= 15 is 0 Å². The number of hydrogen-bond acceptors (Lipinski definition) is 5. The van der Waals surface area contributed by atoms with Gasteiger partial charge in [-0.25, -0.2) is 0 Å². The minimum atomic E-state index is -1.24. The van der Waals surface area contributed by atoms with Crippen molar-refractivity contribution < 1.29 is 24.2 Å². The molecule has 3 aromatic rings. The molecule has 3 saturated heterocycles. The van der Waals surface area contributed by atoms with Gasteiger partial charge in [-0.1, -0.05) is 79.7 Å². The van der Waals surface area contributed by atoms with E-state index in [2.05, 4.69) is 13.2 Å². The monoisotopic (exact) mass is 621 g/mol. The lowest BCUT2D eigenvalue weighted by molar-refractivity contribution is -0.153. The highest BCUT2D eigenvalue weighted by atomic mass is 16.5. The van der Waals surface area contributed by atoms with Crippen molar-refractivity contribution in [2.75, 3.05) is 24.6 Å². The summed E-state index contributed by atoms with van der Waals surface area (Å²) in [4.78, 5) is 49.1. The van der Waals surface area contributed by atoms with Crippen molar-refractivity contribution in [1.29, 1.82) is 0 Å². The number of nitrogens with zero attached hydrogens (tertiary/aromatic N) is 3. The lowest BCUT2D eigenvalue weighted by Gasteiger charge is -2.39. The van der Waals surface area contributed by atoms with Crippen LogP contribution in [0.25, 0.3) is 10.8 Å². The maximum absolute atomic E-state index is 15.0. The number of anilines is 1. The molecule has 240 valence electrons. The molecule has 3 aliphatic heterocycles. The fourth-order valence-corrected chi connectivity index (χ4v) is 8.23. The van der Waals surface area contributed by atoms with Crippen LogP contribution in [-0.2, 0) is 25.7 Å². The third-order valence-electron chi connectivity index (χ3n) is 10.5. The van der Waals surface area contributed by atoms with Crippen LogP contribution in [0, 0.1) is 17.8 Å². The molecular weight excluding hydrogens is 578 g/mol. The van der Waals surface area contributed by atoms with Crippen LogP contribution in [0.2, 0.25) is 0 Å². The lowest BCUT2D eigenvalue weighted by atomic mass is 9.62. The van der Waals surface area contributed by atoms with E-state index < -0.39 is 35.1 Å². The first kappa shape index (κ1) is 31.7. The summed E-state index contributed by atoms with van der Waals surface area (Å²) in [5.41, 5.74) is -0.569. The van der Waals surface area contributed by atoms with Crippen molar-refractivity contribution in [3.63, 3.8) is 0 Å². The average Bonchev–Trinajstić information content (AvgIpc) is 3.58. The molecule has 3 aromatic carbocycles. The second kappa shape index (κ2) is 12.2. The summed E-state index contributed by atoms with van der Waals surface area (Å²) in [6.07, 6.45) is 3.80. The third kappa shape index (κ3) is 4.86. The van der Waals surface area contributed by atoms with E-state index in [0.717, 1.165) is 16.3 Å². The summed E-state index contributed by atoms with van der Waals surface area (Å²) >= 11 is 0.